The van der Waals surface area contributed by atoms with E-state index in [2.05, 4.69) is 71.9 Å². The van der Waals surface area contributed by atoms with Gasteiger partial charge in [-0.15, -0.1) is 0 Å². The fraction of sp³-hybridized carbons (Fsp3) is 0.844. The summed E-state index contributed by atoms with van der Waals surface area (Å²) < 4.78 is 6.12. The summed E-state index contributed by atoms with van der Waals surface area (Å²) in [7, 11) is 0. The van der Waals surface area contributed by atoms with Crippen LogP contribution in [0.2, 0.25) is 0 Å². The summed E-state index contributed by atoms with van der Waals surface area (Å²) in [6, 6.07) is 0. The Bertz CT molecular complexity index is 1020. The molecular weight excluding hydrogens is 572 g/mol. The van der Waals surface area contributed by atoms with Gasteiger partial charge in [-0.1, -0.05) is 129 Å². The summed E-state index contributed by atoms with van der Waals surface area (Å²) in [5.74, 6) is 5.30. The maximum absolute atomic E-state index is 12.8. The first-order chi connectivity index (χ1) is 22.7. The molecule has 0 aliphatic heterocycles. The van der Waals surface area contributed by atoms with E-state index in [1.165, 1.54) is 109 Å². The van der Waals surface area contributed by atoms with Gasteiger partial charge in [-0.25, -0.2) is 0 Å². The van der Waals surface area contributed by atoms with Crippen molar-refractivity contribution < 1.29 is 9.53 Å². The lowest BCUT2D eigenvalue weighted by atomic mass is 9.47. The number of fused-ring (bicyclic) bond motifs is 5. The second kappa shape index (κ2) is 19.2. The van der Waals surface area contributed by atoms with E-state index in [1.54, 1.807) is 5.57 Å². The Balaban J connectivity index is 1.13. The molecule has 0 aromatic carbocycles. The highest BCUT2D eigenvalue weighted by Crippen LogP contribution is 2.67. The molecule has 0 bridgehead atoms. The van der Waals surface area contributed by atoms with Gasteiger partial charge in [0.1, 0.15) is 6.10 Å². The minimum absolute atomic E-state index is 0.0477. The van der Waals surface area contributed by atoms with Crippen molar-refractivity contribution in [3.8, 4) is 0 Å². The lowest BCUT2D eigenvalue weighted by Crippen LogP contribution is -2.51. The molecular formula is C45H76O2. The van der Waals surface area contributed by atoms with E-state index >= 15 is 0 Å². The molecule has 4 aliphatic carbocycles. The Morgan fingerprint density at radius 2 is 1.55 bits per heavy atom. The highest BCUT2D eigenvalue weighted by atomic mass is 16.5. The van der Waals surface area contributed by atoms with Gasteiger partial charge in [0.2, 0.25) is 0 Å². The molecule has 0 N–H and O–H groups in total. The predicted molar refractivity (Wildman–Crippen MR) is 202 cm³/mol. The average molecular weight is 649 g/mol. The number of carbonyl (C=O) groups excluding carboxylic acids is 1. The first-order valence-electron chi connectivity index (χ1n) is 20.9. The molecule has 4 aliphatic rings. The van der Waals surface area contributed by atoms with Gasteiger partial charge < -0.3 is 4.74 Å². The van der Waals surface area contributed by atoms with Gasteiger partial charge in [0.15, 0.2) is 0 Å². The Morgan fingerprint density at radius 1 is 0.830 bits per heavy atom. The van der Waals surface area contributed by atoms with Gasteiger partial charge in [0.05, 0.1) is 0 Å². The topological polar surface area (TPSA) is 26.3 Å². The molecule has 0 aromatic rings. The summed E-state index contributed by atoms with van der Waals surface area (Å²) in [4.78, 5) is 12.8. The van der Waals surface area contributed by atoms with Crippen LogP contribution in [0.1, 0.15) is 189 Å². The molecule has 8 atom stereocenters. The number of unbranched alkanes of at least 4 members (excludes halogenated alkanes) is 8. The molecule has 3 saturated carbocycles. The number of hydrogen-bond donors (Lipinski definition) is 0. The predicted octanol–water partition coefficient (Wildman–Crippen LogP) is 13.8. The van der Waals surface area contributed by atoms with Crippen LogP contribution in [0, 0.1) is 46.3 Å². The van der Waals surface area contributed by atoms with Crippen molar-refractivity contribution in [1.82, 2.24) is 0 Å². The normalized spacial score (nSPS) is 32.7. The van der Waals surface area contributed by atoms with Crippen molar-refractivity contribution in [2.24, 2.45) is 46.3 Å². The van der Waals surface area contributed by atoms with E-state index in [1.807, 2.05) is 0 Å². The molecule has 4 unspecified atom stereocenters. The third-order valence-electron chi connectivity index (χ3n) is 13.9. The molecule has 0 aromatic heterocycles. The highest BCUT2D eigenvalue weighted by molar-refractivity contribution is 5.69. The maximum atomic E-state index is 12.8. The molecule has 4 rings (SSSR count). The molecule has 0 saturated heterocycles. The number of hydrogen-bond acceptors (Lipinski definition) is 2. The zero-order valence-electron chi connectivity index (χ0n) is 32.0. The van der Waals surface area contributed by atoms with Crippen LogP contribution >= 0.6 is 0 Å². The second-order valence-corrected chi connectivity index (χ2v) is 17.6. The minimum atomic E-state index is 0.0477. The molecule has 268 valence electrons. The quantitative estimate of drug-likeness (QED) is 0.0746. The maximum Gasteiger partial charge on any atom is 0.306 e. The van der Waals surface area contributed by atoms with Gasteiger partial charge in [-0.3, -0.25) is 4.79 Å². The molecule has 0 heterocycles. The first kappa shape index (κ1) is 38.5. The standard InChI is InChI=1S/C45H76O2/c1-7-8-9-10-11-12-13-14-15-16-17-18-19-20-21-25-43(46)47-38-30-32-44(5)37(34-38)26-27-39-41-29-28-40(36(4)24-22-23-35(2)3)45(41,6)33-31-42(39)44/h11-12,14-15,26,35-36,38-42H,7-10,13,16-25,27-34H2,1-6H3/t36-,38?,39?,40-,41?,42?,44+,45-/m1/s1. The van der Waals surface area contributed by atoms with E-state index in [9.17, 15) is 4.79 Å². The van der Waals surface area contributed by atoms with Crippen molar-refractivity contribution in [3.05, 3.63) is 36.0 Å². The van der Waals surface area contributed by atoms with Gasteiger partial charge in [-0.2, -0.15) is 0 Å². The van der Waals surface area contributed by atoms with E-state index in [4.69, 9.17) is 4.74 Å². The number of rotatable bonds is 20. The Labute approximate surface area is 292 Å². The molecule has 47 heavy (non-hydrogen) atoms. The van der Waals surface area contributed by atoms with Gasteiger partial charge >= 0.3 is 5.97 Å². The molecule has 0 radical (unpaired) electrons. The molecule has 0 spiro atoms. The minimum Gasteiger partial charge on any atom is -0.462 e. The Morgan fingerprint density at radius 3 is 2.30 bits per heavy atom. The van der Waals surface area contributed by atoms with Crippen LogP contribution in [0.3, 0.4) is 0 Å². The zero-order valence-corrected chi connectivity index (χ0v) is 32.0. The van der Waals surface area contributed by atoms with Crippen LogP contribution in [-0.2, 0) is 9.53 Å². The van der Waals surface area contributed by atoms with Crippen LogP contribution in [-0.4, -0.2) is 12.1 Å². The van der Waals surface area contributed by atoms with Crippen molar-refractivity contribution in [2.75, 3.05) is 0 Å². The monoisotopic (exact) mass is 649 g/mol. The van der Waals surface area contributed by atoms with Crippen LogP contribution in [0.25, 0.3) is 0 Å². The largest absolute Gasteiger partial charge is 0.462 e. The first-order valence-corrected chi connectivity index (χ1v) is 20.9. The number of esters is 1. The third kappa shape index (κ3) is 10.6. The third-order valence-corrected chi connectivity index (χ3v) is 13.9. The fourth-order valence-corrected chi connectivity index (χ4v) is 11.1. The summed E-state index contributed by atoms with van der Waals surface area (Å²) in [5, 5.41) is 0. The van der Waals surface area contributed by atoms with E-state index in [0.29, 0.717) is 17.3 Å². The van der Waals surface area contributed by atoms with Crippen LogP contribution in [0.4, 0.5) is 0 Å². The van der Waals surface area contributed by atoms with Crippen LogP contribution < -0.4 is 0 Å². The molecule has 2 nitrogen and oxygen atoms in total. The number of allylic oxidation sites excluding steroid dienone is 5. The van der Waals surface area contributed by atoms with Crippen LogP contribution in [0.15, 0.2) is 36.0 Å². The van der Waals surface area contributed by atoms with E-state index < -0.39 is 0 Å². The summed E-state index contributed by atoms with van der Waals surface area (Å²) in [6.07, 6.45) is 40.5. The molecule has 0 amide bonds. The van der Waals surface area contributed by atoms with Crippen LogP contribution in [0.5, 0.6) is 0 Å². The van der Waals surface area contributed by atoms with Crippen molar-refractivity contribution >= 4 is 5.97 Å². The van der Waals surface area contributed by atoms with Crippen molar-refractivity contribution in [3.63, 3.8) is 0 Å². The van der Waals surface area contributed by atoms with E-state index in [0.717, 1.165) is 67.6 Å². The lowest BCUT2D eigenvalue weighted by Gasteiger charge is -2.58. The number of carbonyl (C=O) groups is 1. The average Bonchev–Trinajstić information content (AvgIpc) is 3.40. The number of ether oxygens (including phenoxy) is 1. The van der Waals surface area contributed by atoms with Gasteiger partial charge in [0, 0.05) is 12.8 Å². The highest BCUT2D eigenvalue weighted by Gasteiger charge is 2.59. The Kier molecular flexibility index (Phi) is 15.7. The summed E-state index contributed by atoms with van der Waals surface area (Å²) in [5.41, 5.74) is 2.52. The second-order valence-electron chi connectivity index (χ2n) is 17.6. The van der Waals surface area contributed by atoms with Gasteiger partial charge in [-0.05, 0) is 130 Å². The zero-order chi connectivity index (χ0) is 33.7. The molecule has 2 heteroatoms. The lowest BCUT2D eigenvalue weighted by molar-refractivity contribution is -0.151. The summed E-state index contributed by atoms with van der Waals surface area (Å²) >= 11 is 0. The smallest absolute Gasteiger partial charge is 0.306 e. The SMILES string of the molecule is CCCCCC=CCC=CCCCCCCCC(=O)OC1CC[C@@]2(C)C(=CCC3C2CC[C@@]2(C)C3CC[C@@H]2[C@H](C)CCCC(C)C)C1. The molecule has 3 fully saturated rings. The summed E-state index contributed by atoms with van der Waals surface area (Å²) in [6.45, 7) is 14.9. The fourth-order valence-electron chi connectivity index (χ4n) is 11.1. The van der Waals surface area contributed by atoms with Crippen molar-refractivity contribution in [1.29, 1.82) is 0 Å². The van der Waals surface area contributed by atoms with E-state index in [-0.39, 0.29) is 12.1 Å². The van der Waals surface area contributed by atoms with Crippen molar-refractivity contribution in [2.45, 2.75) is 195 Å². The Hall–Kier alpha value is -1.31. The van der Waals surface area contributed by atoms with Gasteiger partial charge in [0.25, 0.3) is 0 Å².